The zero-order valence-corrected chi connectivity index (χ0v) is 20.9. The number of Topliss-reactive ketones (excluding diaryl/α,β-unsaturated/α-hetero) is 1. The number of rotatable bonds is 10. The van der Waals surface area contributed by atoms with Crippen LogP contribution in [0.4, 0.5) is 0 Å². The van der Waals surface area contributed by atoms with Crippen molar-refractivity contribution in [2.24, 2.45) is 0 Å². The Labute approximate surface area is 212 Å². The van der Waals surface area contributed by atoms with Gasteiger partial charge in [0.2, 0.25) is 0 Å². The highest BCUT2D eigenvalue weighted by molar-refractivity contribution is 6.46. The maximum absolute atomic E-state index is 13.3. The number of carbonyl (C=O) groups excluding carboxylic acids is 2. The van der Waals surface area contributed by atoms with Crippen LogP contribution in [0.3, 0.4) is 0 Å². The van der Waals surface area contributed by atoms with Gasteiger partial charge in [0.25, 0.3) is 11.7 Å². The first-order valence-electron chi connectivity index (χ1n) is 12.6. The fourth-order valence-corrected chi connectivity index (χ4v) is 4.74. The van der Waals surface area contributed by atoms with E-state index in [0.29, 0.717) is 62.0 Å². The van der Waals surface area contributed by atoms with Crippen LogP contribution in [0.15, 0.2) is 54.1 Å². The number of benzene rings is 2. The molecule has 0 spiro atoms. The third-order valence-electron chi connectivity index (χ3n) is 6.45. The maximum Gasteiger partial charge on any atom is 0.295 e. The molecule has 8 nitrogen and oxygen atoms in total. The number of amides is 1. The van der Waals surface area contributed by atoms with E-state index in [9.17, 15) is 14.7 Å². The second-order valence-corrected chi connectivity index (χ2v) is 8.74. The lowest BCUT2D eigenvalue weighted by Gasteiger charge is -2.29. The molecule has 1 amide bonds. The van der Waals surface area contributed by atoms with Crippen molar-refractivity contribution in [2.75, 3.05) is 52.6 Å². The van der Waals surface area contributed by atoms with Crippen molar-refractivity contribution in [3.05, 3.63) is 65.2 Å². The highest BCUT2D eigenvalue weighted by Gasteiger charge is 2.46. The Morgan fingerprint density at radius 3 is 2.36 bits per heavy atom. The molecule has 2 saturated heterocycles. The van der Waals surface area contributed by atoms with Crippen LogP contribution in [0.25, 0.3) is 5.76 Å². The largest absolute Gasteiger partial charge is 0.507 e. The molecule has 2 heterocycles. The normalized spacial score (nSPS) is 20.1. The molecule has 2 aromatic rings. The summed E-state index contributed by atoms with van der Waals surface area (Å²) >= 11 is 0. The molecule has 2 fully saturated rings. The van der Waals surface area contributed by atoms with Crippen molar-refractivity contribution < 1.29 is 28.9 Å². The summed E-state index contributed by atoms with van der Waals surface area (Å²) in [7, 11) is 0. The van der Waals surface area contributed by atoms with Crippen LogP contribution in [0.5, 0.6) is 11.5 Å². The van der Waals surface area contributed by atoms with Crippen molar-refractivity contribution in [1.82, 2.24) is 9.80 Å². The molecule has 0 saturated carbocycles. The number of nitrogens with zero attached hydrogens (tertiary/aromatic N) is 2. The van der Waals surface area contributed by atoms with E-state index in [4.69, 9.17) is 14.2 Å². The van der Waals surface area contributed by atoms with Gasteiger partial charge in [-0.2, -0.15) is 0 Å². The first-order chi connectivity index (χ1) is 17.5. The van der Waals surface area contributed by atoms with Crippen molar-refractivity contribution in [3.63, 3.8) is 0 Å². The van der Waals surface area contributed by atoms with Gasteiger partial charge in [-0.3, -0.25) is 14.5 Å². The number of ketones is 1. The molecule has 0 aliphatic carbocycles. The van der Waals surface area contributed by atoms with Crippen LogP contribution in [0.2, 0.25) is 0 Å². The summed E-state index contributed by atoms with van der Waals surface area (Å²) in [4.78, 5) is 30.4. The van der Waals surface area contributed by atoms with Crippen LogP contribution < -0.4 is 9.47 Å². The molecule has 0 unspecified atom stereocenters. The van der Waals surface area contributed by atoms with Gasteiger partial charge in [0.05, 0.1) is 38.0 Å². The summed E-state index contributed by atoms with van der Waals surface area (Å²) in [6, 6.07) is 13.5. The molecule has 1 atom stereocenters. The average molecular weight is 495 g/mol. The first kappa shape index (κ1) is 25.7. The Morgan fingerprint density at radius 2 is 1.67 bits per heavy atom. The van der Waals surface area contributed by atoms with Gasteiger partial charge in [-0.15, -0.1) is 0 Å². The van der Waals surface area contributed by atoms with E-state index in [2.05, 4.69) is 4.90 Å². The third-order valence-corrected chi connectivity index (χ3v) is 6.45. The van der Waals surface area contributed by atoms with E-state index < -0.39 is 17.7 Å². The van der Waals surface area contributed by atoms with Gasteiger partial charge in [-0.25, -0.2) is 0 Å². The minimum atomic E-state index is -0.732. The molecule has 0 bridgehead atoms. The Kier molecular flexibility index (Phi) is 8.61. The number of carbonyl (C=O) groups is 2. The SMILES string of the molecule is CCOc1ccc([C@@H]2C(=C(O)c3ccccc3)C(=O)C(=O)N2CCCN2CCOCC2)cc1OCC. The highest BCUT2D eigenvalue weighted by atomic mass is 16.5. The lowest BCUT2D eigenvalue weighted by atomic mass is 9.95. The number of aliphatic hydroxyl groups excluding tert-OH is 1. The topological polar surface area (TPSA) is 88.5 Å². The number of ether oxygens (including phenoxy) is 3. The van der Waals surface area contributed by atoms with Gasteiger partial charge in [-0.05, 0) is 38.0 Å². The molecule has 36 heavy (non-hydrogen) atoms. The smallest absolute Gasteiger partial charge is 0.295 e. The second-order valence-electron chi connectivity index (χ2n) is 8.74. The molecule has 0 aromatic heterocycles. The summed E-state index contributed by atoms with van der Waals surface area (Å²) in [5, 5.41) is 11.2. The summed E-state index contributed by atoms with van der Waals surface area (Å²) < 4.78 is 16.9. The van der Waals surface area contributed by atoms with Gasteiger partial charge in [0.1, 0.15) is 5.76 Å². The lowest BCUT2D eigenvalue weighted by molar-refractivity contribution is -0.140. The fourth-order valence-electron chi connectivity index (χ4n) is 4.74. The summed E-state index contributed by atoms with van der Waals surface area (Å²) in [6.45, 7) is 8.99. The average Bonchev–Trinajstić information content (AvgIpc) is 3.16. The molecule has 2 aliphatic rings. The van der Waals surface area contributed by atoms with Gasteiger partial charge in [0, 0.05) is 31.7 Å². The van der Waals surface area contributed by atoms with E-state index in [1.54, 1.807) is 41.3 Å². The molecule has 1 N–H and O–H groups in total. The van der Waals surface area contributed by atoms with Crippen LogP contribution in [0.1, 0.15) is 37.4 Å². The molecule has 8 heteroatoms. The van der Waals surface area contributed by atoms with E-state index in [1.807, 2.05) is 26.0 Å². The van der Waals surface area contributed by atoms with E-state index in [1.165, 1.54) is 0 Å². The van der Waals surface area contributed by atoms with Crippen molar-refractivity contribution in [3.8, 4) is 11.5 Å². The van der Waals surface area contributed by atoms with Crippen molar-refractivity contribution >= 4 is 17.4 Å². The number of likely N-dealkylation sites (tertiary alicyclic amines) is 1. The Hall–Kier alpha value is -3.36. The van der Waals surface area contributed by atoms with Crippen LogP contribution in [0, 0.1) is 0 Å². The Bertz CT molecular complexity index is 1090. The molecule has 0 radical (unpaired) electrons. The number of aliphatic hydroxyl groups is 1. The second kappa shape index (κ2) is 12.1. The predicted octanol–water partition coefficient (Wildman–Crippen LogP) is 3.63. The predicted molar refractivity (Wildman–Crippen MR) is 136 cm³/mol. The maximum atomic E-state index is 13.3. The third kappa shape index (κ3) is 5.55. The van der Waals surface area contributed by atoms with Crippen LogP contribution >= 0.6 is 0 Å². The van der Waals surface area contributed by atoms with Gasteiger partial charge >= 0.3 is 0 Å². The van der Waals surface area contributed by atoms with E-state index in [-0.39, 0.29) is 11.3 Å². The highest BCUT2D eigenvalue weighted by Crippen LogP contribution is 2.42. The summed E-state index contributed by atoms with van der Waals surface area (Å²) in [5.41, 5.74) is 1.26. The Morgan fingerprint density at radius 1 is 0.972 bits per heavy atom. The number of morpholine rings is 1. The molecule has 192 valence electrons. The minimum Gasteiger partial charge on any atom is -0.507 e. The quantitative estimate of drug-likeness (QED) is 0.307. The summed E-state index contributed by atoms with van der Waals surface area (Å²) in [5.74, 6) is -0.335. The number of hydrogen-bond donors (Lipinski definition) is 1. The van der Waals surface area contributed by atoms with Gasteiger partial charge in [-0.1, -0.05) is 36.4 Å². The monoisotopic (exact) mass is 494 g/mol. The zero-order valence-electron chi connectivity index (χ0n) is 20.9. The molecule has 2 aromatic carbocycles. The first-order valence-corrected chi connectivity index (χ1v) is 12.6. The van der Waals surface area contributed by atoms with E-state index in [0.717, 1.165) is 19.6 Å². The standard InChI is InChI=1S/C28H34N2O6/c1-3-35-22-12-11-21(19-23(22)36-4-2)25-24(26(31)20-9-6-5-7-10-20)27(32)28(33)30(25)14-8-13-29-15-17-34-18-16-29/h5-7,9-12,19,25,31H,3-4,8,13-18H2,1-2H3/t25-/m1/s1. The minimum absolute atomic E-state index is 0.0872. The molecule has 4 rings (SSSR count). The van der Waals surface area contributed by atoms with Gasteiger partial charge in [0.15, 0.2) is 11.5 Å². The number of hydrogen-bond acceptors (Lipinski definition) is 7. The van der Waals surface area contributed by atoms with Crippen molar-refractivity contribution in [1.29, 1.82) is 0 Å². The summed E-state index contributed by atoms with van der Waals surface area (Å²) in [6.07, 6.45) is 0.699. The molecular formula is C28H34N2O6. The van der Waals surface area contributed by atoms with Crippen molar-refractivity contribution in [2.45, 2.75) is 26.3 Å². The van der Waals surface area contributed by atoms with Gasteiger partial charge < -0.3 is 24.2 Å². The molecular weight excluding hydrogens is 460 g/mol. The van der Waals surface area contributed by atoms with Crippen LogP contribution in [-0.2, 0) is 14.3 Å². The Balaban J connectivity index is 1.71. The zero-order chi connectivity index (χ0) is 25.5. The van der Waals surface area contributed by atoms with Crippen LogP contribution in [-0.4, -0.2) is 79.2 Å². The lowest BCUT2D eigenvalue weighted by Crippen LogP contribution is -2.39. The molecule has 2 aliphatic heterocycles. The van der Waals surface area contributed by atoms with E-state index >= 15 is 0 Å². The fraction of sp³-hybridized carbons (Fsp3) is 0.429.